The molecule has 2 rings (SSSR count). The van der Waals surface area contributed by atoms with Crippen molar-refractivity contribution in [1.29, 1.82) is 0 Å². The van der Waals surface area contributed by atoms with Crippen LogP contribution in [0.2, 0.25) is 0 Å². The number of carbonyl (C=O) groups excluding carboxylic acids is 1. The van der Waals surface area contributed by atoms with Crippen molar-refractivity contribution in [2.24, 2.45) is 0 Å². The fraction of sp³-hybridized carbons (Fsp3) is 0.714. The number of hydrogen-bond acceptors (Lipinski definition) is 3. The molecule has 1 fully saturated rings. The predicted molar refractivity (Wildman–Crippen MR) is 78.1 cm³/mol. The average Bonchev–Trinajstić information content (AvgIpc) is 2.89. The molecule has 0 radical (unpaired) electrons. The Hall–Kier alpha value is -1.77. The molecule has 2 heterocycles. The van der Waals surface area contributed by atoms with Crippen LogP contribution in [-0.4, -0.2) is 34.6 Å². The molecule has 0 spiro atoms. The molecule has 1 aromatic rings. The number of rotatable bonds is 4. The summed E-state index contributed by atoms with van der Waals surface area (Å²) in [7, 11) is 0. The Morgan fingerprint density at radius 1 is 1.48 bits per heavy atom. The molecule has 0 aromatic carbocycles. The molecule has 1 aromatic heterocycles. The minimum atomic E-state index is -4.59. The molecular formula is C14H21F3N4O2. The molecule has 0 aliphatic carbocycles. The summed E-state index contributed by atoms with van der Waals surface area (Å²) in [4.78, 5) is 11.9. The zero-order valence-electron chi connectivity index (χ0n) is 13.2. The van der Waals surface area contributed by atoms with Gasteiger partial charge in [-0.2, -0.15) is 18.3 Å². The lowest BCUT2D eigenvalue weighted by molar-refractivity contribution is -0.143. The molecule has 1 unspecified atom stereocenters. The van der Waals surface area contributed by atoms with Crippen LogP contribution >= 0.6 is 0 Å². The Morgan fingerprint density at radius 2 is 2.22 bits per heavy atom. The van der Waals surface area contributed by atoms with E-state index in [1.54, 1.807) is 6.92 Å². The van der Waals surface area contributed by atoms with Crippen LogP contribution in [-0.2, 0) is 17.5 Å². The minimum absolute atomic E-state index is 0.0596. The number of halogens is 3. The van der Waals surface area contributed by atoms with Gasteiger partial charge in [-0.3, -0.25) is 4.68 Å². The van der Waals surface area contributed by atoms with Crippen molar-refractivity contribution in [1.82, 2.24) is 15.1 Å². The standard InChI is InChI=1S/C14H21F3N4O2/c1-3-21-11(14(15,16)17)10(8-19-21)20-12(22)18-9-13(2)6-4-5-7-23-13/h8H,3-7,9H2,1-2H3,(H2,18,20,22). The summed E-state index contributed by atoms with van der Waals surface area (Å²) in [5.74, 6) is 0. The van der Waals surface area contributed by atoms with Crippen molar-refractivity contribution in [3.05, 3.63) is 11.9 Å². The minimum Gasteiger partial charge on any atom is -0.373 e. The number of carbonyl (C=O) groups is 1. The molecule has 0 bridgehead atoms. The maximum absolute atomic E-state index is 13.1. The van der Waals surface area contributed by atoms with Gasteiger partial charge < -0.3 is 15.4 Å². The second-order valence-corrected chi connectivity index (χ2v) is 5.78. The summed E-state index contributed by atoms with van der Waals surface area (Å²) in [5, 5.41) is 8.43. The molecular weight excluding hydrogens is 313 g/mol. The molecule has 0 saturated carbocycles. The Bertz CT molecular complexity index is 551. The highest BCUT2D eigenvalue weighted by atomic mass is 19.4. The number of urea groups is 1. The smallest absolute Gasteiger partial charge is 0.373 e. The van der Waals surface area contributed by atoms with Gasteiger partial charge in [0.05, 0.1) is 17.5 Å². The highest BCUT2D eigenvalue weighted by Crippen LogP contribution is 2.34. The van der Waals surface area contributed by atoms with E-state index >= 15 is 0 Å². The first kappa shape index (κ1) is 17.6. The Labute approximate surface area is 132 Å². The van der Waals surface area contributed by atoms with Gasteiger partial charge in [0, 0.05) is 19.7 Å². The van der Waals surface area contributed by atoms with Gasteiger partial charge >= 0.3 is 12.2 Å². The van der Waals surface area contributed by atoms with E-state index in [-0.39, 0.29) is 18.8 Å². The molecule has 1 atom stereocenters. The Kier molecular flexibility index (Phi) is 5.18. The Balaban J connectivity index is 1.99. The first-order chi connectivity index (χ1) is 10.7. The molecule has 9 heteroatoms. The van der Waals surface area contributed by atoms with Crippen LogP contribution in [0.3, 0.4) is 0 Å². The summed E-state index contributed by atoms with van der Waals surface area (Å²) >= 11 is 0. The van der Waals surface area contributed by atoms with Crippen LogP contribution < -0.4 is 10.6 Å². The fourth-order valence-electron chi connectivity index (χ4n) is 2.58. The molecule has 1 saturated heterocycles. The number of ether oxygens (including phenoxy) is 1. The van der Waals surface area contributed by atoms with Gasteiger partial charge in [-0.25, -0.2) is 4.79 Å². The molecule has 2 amide bonds. The molecule has 6 nitrogen and oxygen atoms in total. The van der Waals surface area contributed by atoms with Gasteiger partial charge in [-0.05, 0) is 33.1 Å². The number of nitrogens with zero attached hydrogens (tertiary/aromatic N) is 2. The van der Waals surface area contributed by atoms with Gasteiger partial charge in [0.15, 0.2) is 5.69 Å². The van der Waals surface area contributed by atoms with Crippen molar-refractivity contribution in [2.45, 2.75) is 51.4 Å². The first-order valence-electron chi connectivity index (χ1n) is 7.57. The van der Waals surface area contributed by atoms with E-state index in [0.29, 0.717) is 6.61 Å². The highest BCUT2D eigenvalue weighted by molar-refractivity contribution is 5.89. The van der Waals surface area contributed by atoms with Crippen molar-refractivity contribution in [2.75, 3.05) is 18.5 Å². The molecule has 1 aliphatic heterocycles. The zero-order valence-corrected chi connectivity index (χ0v) is 13.2. The van der Waals surface area contributed by atoms with Crippen LogP contribution in [0.15, 0.2) is 6.20 Å². The quantitative estimate of drug-likeness (QED) is 0.889. The van der Waals surface area contributed by atoms with E-state index in [4.69, 9.17) is 4.74 Å². The summed E-state index contributed by atoms with van der Waals surface area (Å²) in [6.07, 6.45) is -0.804. The van der Waals surface area contributed by atoms with E-state index in [9.17, 15) is 18.0 Å². The van der Waals surface area contributed by atoms with Gasteiger partial charge in [0.25, 0.3) is 0 Å². The lowest BCUT2D eigenvalue weighted by Crippen LogP contribution is -2.46. The average molecular weight is 334 g/mol. The van der Waals surface area contributed by atoms with Gasteiger partial charge in [-0.1, -0.05) is 0 Å². The SMILES string of the molecule is CCn1ncc(NC(=O)NCC2(C)CCCCO2)c1C(F)(F)F. The van der Waals surface area contributed by atoms with Crippen LogP contribution in [0.5, 0.6) is 0 Å². The molecule has 23 heavy (non-hydrogen) atoms. The predicted octanol–water partition coefficient (Wildman–Crippen LogP) is 3.00. The number of hydrogen-bond donors (Lipinski definition) is 2. The van der Waals surface area contributed by atoms with Crippen LogP contribution in [0.25, 0.3) is 0 Å². The van der Waals surface area contributed by atoms with Gasteiger partial charge in [-0.15, -0.1) is 0 Å². The van der Waals surface area contributed by atoms with E-state index in [2.05, 4.69) is 15.7 Å². The van der Waals surface area contributed by atoms with E-state index < -0.39 is 23.5 Å². The van der Waals surface area contributed by atoms with Crippen LogP contribution in [0.4, 0.5) is 23.7 Å². The largest absolute Gasteiger partial charge is 0.435 e. The number of aromatic nitrogens is 2. The summed E-state index contributed by atoms with van der Waals surface area (Å²) < 4.78 is 45.6. The van der Waals surface area contributed by atoms with E-state index in [1.807, 2.05) is 6.92 Å². The lowest BCUT2D eigenvalue weighted by atomic mass is 9.96. The summed E-state index contributed by atoms with van der Waals surface area (Å²) in [6.45, 7) is 4.35. The second-order valence-electron chi connectivity index (χ2n) is 5.78. The van der Waals surface area contributed by atoms with Crippen molar-refractivity contribution in [3.8, 4) is 0 Å². The number of amides is 2. The molecule has 2 N–H and O–H groups in total. The van der Waals surface area contributed by atoms with Crippen molar-refractivity contribution in [3.63, 3.8) is 0 Å². The van der Waals surface area contributed by atoms with Crippen molar-refractivity contribution < 1.29 is 22.7 Å². The van der Waals surface area contributed by atoms with Crippen LogP contribution in [0.1, 0.15) is 38.8 Å². The topological polar surface area (TPSA) is 68.2 Å². The zero-order chi connectivity index (χ0) is 17.1. The number of aryl methyl sites for hydroxylation is 1. The van der Waals surface area contributed by atoms with E-state index in [1.165, 1.54) is 0 Å². The maximum atomic E-state index is 13.1. The third kappa shape index (κ3) is 4.37. The lowest BCUT2D eigenvalue weighted by Gasteiger charge is -2.33. The third-order valence-corrected chi connectivity index (χ3v) is 3.83. The summed E-state index contributed by atoms with van der Waals surface area (Å²) in [6, 6.07) is -0.707. The Morgan fingerprint density at radius 3 is 2.78 bits per heavy atom. The molecule has 130 valence electrons. The number of alkyl halides is 3. The van der Waals surface area contributed by atoms with Crippen LogP contribution in [0, 0.1) is 0 Å². The fourth-order valence-corrected chi connectivity index (χ4v) is 2.58. The third-order valence-electron chi connectivity index (χ3n) is 3.83. The second kappa shape index (κ2) is 6.77. The number of nitrogens with one attached hydrogen (secondary N) is 2. The first-order valence-corrected chi connectivity index (χ1v) is 7.57. The normalized spacial score (nSPS) is 22.0. The monoisotopic (exact) mass is 334 g/mol. The summed E-state index contributed by atoms with van der Waals surface area (Å²) in [5.41, 5.74) is -1.79. The molecule has 1 aliphatic rings. The van der Waals surface area contributed by atoms with Crippen molar-refractivity contribution >= 4 is 11.7 Å². The van der Waals surface area contributed by atoms with Gasteiger partial charge in [0.1, 0.15) is 0 Å². The van der Waals surface area contributed by atoms with Gasteiger partial charge in [0.2, 0.25) is 0 Å². The number of anilines is 1. The highest BCUT2D eigenvalue weighted by Gasteiger charge is 2.38. The maximum Gasteiger partial charge on any atom is 0.435 e. The van der Waals surface area contributed by atoms with E-state index in [0.717, 1.165) is 30.1 Å².